The number of aromatic nitrogens is 4. The summed E-state index contributed by atoms with van der Waals surface area (Å²) >= 11 is 0. The van der Waals surface area contributed by atoms with Crippen molar-refractivity contribution in [3.63, 3.8) is 0 Å². The fourth-order valence-corrected chi connectivity index (χ4v) is 4.20. The zero-order valence-corrected chi connectivity index (χ0v) is 18.3. The summed E-state index contributed by atoms with van der Waals surface area (Å²) in [5, 5.41) is 0.0660. The lowest BCUT2D eigenvalue weighted by atomic mass is 9.87. The van der Waals surface area contributed by atoms with Crippen molar-refractivity contribution in [1.29, 1.82) is 0 Å². The molecule has 152 valence electrons. The number of nitrogens with two attached hydrogens (primary N) is 1. The highest BCUT2D eigenvalue weighted by molar-refractivity contribution is 6.74. The van der Waals surface area contributed by atoms with Crippen LogP contribution in [0.3, 0.4) is 0 Å². The number of hydrogen-bond donors (Lipinski definition) is 1. The lowest BCUT2D eigenvalue weighted by molar-refractivity contribution is -0.00827. The van der Waals surface area contributed by atoms with Gasteiger partial charge < -0.3 is 19.5 Å². The molecule has 1 fully saturated rings. The first-order valence-corrected chi connectivity index (χ1v) is 12.2. The van der Waals surface area contributed by atoms with E-state index < -0.39 is 20.0 Å². The molecule has 2 N–H and O–H groups in total. The van der Waals surface area contributed by atoms with E-state index in [1.807, 2.05) is 6.92 Å². The van der Waals surface area contributed by atoms with Crippen LogP contribution in [0.5, 0.6) is 0 Å². The molecule has 7 nitrogen and oxygen atoms in total. The van der Waals surface area contributed by atoms with Gasteiger partial charge in [-0.2, -0.15) is 14.4 Å². The van der Waals surface area contributed by atoms with Gasteiger partial charge in [0.15, 0.2) is 25.4 Å². The minimum Gasteiger partial charge on any atom is -0.413 e. The summed E-state index contributed by atoms with van der Waals surface area (Å²) in [5.41, 5.74) is 5.61. The van der Waals surface area contributed by atoms with E-state index in [1.54, 1.807) is 10.9 Å². The largest absolute Gasteiger partial charge is 0.413 e. The Morgan fingerprint density at radius 1 is 1.46 bits per heavy atom. The summed E-state index contributed by atoms with van der Waals surface area (Å²) in [4.78, 5) is 11.7. The number of terminal acetylenes is 1. The Kier molecular flexibility index (Phi) is 5.02. The van der Waals surface area contributed by atoms with Crippen LogP contribution in [0.25, 0.3) is 11.2 Å². The fourth-order valence-electron chi connectivity index (χ4n) is 3.19. The van der Waals surface area contributed by atoms with Crippen molar-refractivity contribution in [1.82, 2.24) is 19.5 Å². The zero-order chi connectivity index (χ0) is 20.9. The Bertz CT molecular complexity index is 933. The Morgan fingerprint density at radius 2 is 2.14 bits per heavy atom. The van der Waals surface area contributed by atoms with Crippen molar-refractivity contribution in [2.45, 2.75) is 57.5 Å². The molecule has 3 rings (SSSR count). The predicted molar refractivity (Wildman–Crippen MR) is 109 cm³/mol. The molecule has 9 heteroatoms. The first-order valence-electron chi connectivity index (χ1n) is 9.33. The molecule has 3 atom stereocenters. The fraction of sp³-hybridized carbons (Fsp3) is 0.632. The highest BCUT2D eigenvalue weighted by Gasteiger charge is 2.50. The summed E-state index contributed by atoms with van der Waals surface area (Å²) in [6.45, 7) is 13.6. The average molecular weight is 406 g/mol. The Balaban J connectivity index is 1.89. The van der Waals surface area contributed by atoms with Gasteiger partial charge in [-0.3, -0.25) is 0 Å². The topological polar surface area (TPSA) is 88.1 Å². The van der Waals surface area contributed by atoms with Crippen molar-refractivity contribution in [3.8, 4) is 12.3 Å². The summed E-state index contributed by atoms with van der Waals surface area (Å²) in [6.07, 6.45) is 6.60. The third-order valence-corrected chi connectivity index (χ3v) is 10.8. The van der Waals surface area contributed by atoms with Crippen LogP contribution < -0.4 is 5.73 Å². The molecule has 1 saturated heterocycles. The quantitative estimate of drug-likeness (QED) is 0.478. The van der Waals surface area contributed by atoms with E-state index in [-0.39, 0.29) is 22.8 Å². The molecule has 1 unspecified atom stereocenters. The molecule has 2 aromatic heterocycles. The van der Waals surface area contributed by atoms with Gasteiger partial charge in [0, 0.05) is 5.92 Å². The van der Waals surface area contributed by atoms with Crippen LogP contribution in [0, 0.1) is 24.3 Å². The van der Waals surface area contributed by atoms with Gasteiger partial charge >= 0.3 is 6.08 Å². The van der Waals surface area contributed by atoms with E-state index in [1.165, 1.54) is 0 Å². The van der Waals surface area contributed by atoms with Crippen molar-refractivity contribution in [2.75, 3.05) is 18.9 Å². The minimum atomic E-state index is -1.99. The highest BCUT2D eigenvalue weighted by atomic mass is 28.4. The lowest BCUT2D eigenvalue weighted by Crippen LogP contribution is -2.48. The van der Waals surface area contributed by atoms with Gasteiger partial charge in [0.2, 0.25) is 0 Å². The van der Waals surface area contributed by atoms with Gasteiger partial charge in [0.1, 0.15) is 5.52 Å². The van der Waals surface area contributed by atoms with Crippen LogP contribution in [0.2, 0.25) is 18.1 Å². The van der Waals surface area contributed by atoms with E-state index in [2.05, 4.69) is 54.7 Å². The first-order chi connectivity index (χ1) is 12.9. The van der Waals surface area contributed by atoms with Crippen molar-refractivity contribution < 1.29 is 13.6 Å². The third kappa shape index (κ3) is 3.30. The Labute approximate surface area is 166 Å². The lowest BCUT2D eigenvalue weighted by Gasteiger charge is -2.39. The van der Waals surface area contributed by atoms with Crippen LogP contribution >= 0.6 is 0 Å². The number of anilines is 1. The summed E-state index contributed by atoms with van der Waals surface area (Å²) in [5.74, 6) is 2.74. The molecule has 0 radical (unpaired) electrons. The summed E-state index contributed by atoms with van der Waals surface area (Å²) in [7, 11) is -1.99. The van der Waals surface area contributed by atoms with E-state index in [9.17, 15) is 4.39 Å². The van der Waals surface area contributed by atoms with Crippen LogP contribution in [0.1, 0.15) is 33.7 Å². The van der Waals surface area contributed by atoms with Crippen LogP contribution in [0.15, 0.2) is 6.33 Å². The van der Waals surface area contributed by atoms with E-state index in [4.69, 9.17) is 21.3 Å². The second kappa shape index (κ2) is 6.79. The maximum atomic E-state index is 13.7. The van der Waals surface area contributed by atoms with Gasteiger partial charge in [-0.15, -0.1) is 6.42 Å². The molecular weight excluding hydrogens is 377 g/mol. The molecule has 1 aliphatic heterocycles. The monoisotopic (exact) mass is 405 g/mol. The number of fused-ring (bicyclic) bond motifs is 1. The number of nitrogen functional groups attached to an aromatic ring is 1. The maximum Gasteiger partial charge on any atom is 0.312 e. The standard InChI is InChI=1S/C19H28FN5O2Si/c1-8-19(10-27-28(6,7)18(3,4)5)12(2)13(9-26-19)25-11-22-14-15(21)23-17(20)24-16(14)25/h1,11-13H,9-10H2,2-7H3,(H2,21,23,24)/t12-,13?,19+/m0/s1. The van der Waals surface area contributed by atoms with Gasteiger partial charge in [0.05, 0.1) is 25.6 Å². The number of hydrogen-bond acceptors (Lipinski definition) is 6. The number of imidazole rings is 1. The van der Waals surface area contributed by atoms with Gasteiger partial charge in [-0.25, -0.2) is 4.98 Å². The smallest absolute Gasteiger partial charge is 0.312 e. The number of nitrogens with zero attached hydrogens (tertiary/aromatic N) is 4. The molecule has 1 aliphatic rings. The van der Waals surface area contributed by atoms with E-state index in [0.717, 1.165) is 0 Å². The number of halogens is 1. The number of rotatable bonds is 4. The van der Waals surface area contributed by atoms with Crippen molar-refractivity contribution >= 4 is 25.3 Å². The minimum absolute atomic E-state index is 0.0114. The Hall–Kier alpha value is -2.02. The summed E-state index contributed by atoms with van der Waals surface area (Å²) in [6, 6.07) is -0.169. The van der Waals surface area contributed by atoms with Gasteiger partial charge in [-0.1, -0.05) is 33.6 Å². The molecule has 0 amide bonds. The Morgan fingerprint density at radius 3 is 2.75 bits per heavy atom. The normalized spacial score (nSPS) is 25.9. The second-order valence-electron chi connectivity index (χ2n) is 8.95. The number of ether oxygens (including phenoxy) is 1. The predicted octanol–water partition coefficient (Wildman–Crippen LogP) is 3.15. The van der Waals surface area contributed by atoms with Crippen molar-refractivity contribution in [2.24, 2.45) is 5.92 Å². The van der Waals surface area contributed by atoms with Crippen LogP contribution in [0.4, 0.5) is 10.2 Å². The molecule has 0 saturated carbocycles. The third-order valence-electron chi connectivity index (χ3n) is 6.30. The molecule has 28 heavy (non-hydrogen) atoms. The van der Waals surface area contributed by atoms with Crippen molar-refractivity contribution in [3.05, 3.63) is 12.4 Å². The molecule has 2 aromatic rings. The van der Waals surface area contributed by atoms with Gasteiger partial charge in [-0.05, 0) is 18.1 Å². The molecule has 3 heterocycles. The molecule has 0 spiro atoms. The molecule has 0 aliphatic carbocycles. The van der Waals surface area contributed by atoms with E-state index >= 15 is 0 Å². The zero-order valence-electron chi connectivity index (χ0n) is 17.3. The highest BCUT2D eigenvalue weighted by Crippen LogP contribution is 2.43. The SMILES string of the molecule is C#C[C@]1(CO[Si](C)(C)C(C)(C)C)OCC(n2cnc3c(N)nc(F)nc32)[C@@H]1C. The summed E-state index contributed by atoms with van der Waals surface area (Å²) < 4.78 is 27.9. The van der Waals surface area contributed by atoms with Crippen LogP contribution in [-0.2, 0) is 9.16 Å². The van der Waals surface area contributed by atoms with Crippen LogP contribution in [-0.4, -0.2) is 46.7 Å². The maximum absolute atomic E-state index is 13.7. The van der Waals surface area contributed by atoms with Gasteiger partial charge in [0.25, 0.3) is 0 Å². The molecule has 0 bridgehead atoms. The molecular formula is C19H28FN5O2Si. The van der Waals surface area contributed by atoms with E-state index in [0.29, 0.717) is 24.4 Å². The first kappa shape index (κ1) is 20.7. The molecule has 0 aromatic carbocycles. The second-order valence-corrected chi connectivity index (χ2v) is 13.8. The average Bonchev–Trinajstić information content (AvgIpc) is 3.14.